The van der Waals surface area contributed by atoms with Crippen LogP contribution in [-0.4, -0.2) is 40.2 Å². The Morgan fingerprint density at radius 3 is 3.25 bits per heavy atom. The second kappa shape index (κ2) is 4.95. The first-order valence-corrected chi connectivity index (χ1v) is 8.11. The normalized spacial score (nSPS) is 26.8. The minimum absolute atomic E-state index is 0.330. The maximum Gasteiger partial charge on any atom is 0.241 e. The van der Waals surface area contributed by atoms with Crippen LogP contribution in [0.1, 0.15) is 25.2 Å². The van der Waals surface area contributed by atoms with E-state index in [4.69, 9.17) is 4.52 Å². The van der Waals surface area contributed by atoms with Gasteiger partial charge in [0.1, 0.15) is 0 Å². The van der Waals surface area contributed by atoms with Gasteiger partial charge in [-0.3, -0.25) is 4.90 Å². The Bertz CT molecular complexity index is 568. The Morgan fingerprint density at radius 1 is 1.45 bits per heavy atom. The average molecular weight is 290 g/mol. The van der Waals surface area contributed by atoms with Crippen molar-refractivity contribution in [3.63, 3.8) is 0 Å². The molecule has 2 saturated heterocycles. The Hall–Kier alpha value is -1.24. The van der Waals surface area contributed by atoms with E-state index in [1.165, 1.54) is 19.3 Å². The van der Waals surface area contributed by atoms with Crippen molar-refractivity contribution in [1.82, 2.24) is 20.4 Å². The molecule has 0 amide bonds. The zero-order valence-corrected chi connectivity index (χ0v) is 12.2. The summed E-state index contributed by atoms with van der Waals surface area (Å²) in [5.74, 6) is 1.44. The van der Waals surface area contributed by atoms with E-state index < -0.39 is 0 Å². The SMILES string of the molecule is c1cc(-c2noc(CN3CCCC34CCNC4)n2)cs1. The van der Waals surface area contributed by atoms with Crippen LogP contribution in [0.15, 0.2) is 21.3 Å². The van der Waals surface area contributed by atoms with Crippen LogP contribution >= 0.6 is 11.3 Å². The smallest absolute Gasteiger partial charge is 0.241 e. The fraction of sp³-hybridized carbons (Fsp3) is 0.571. The molecule has 0 radical (unpaired) electrons. The molecule has 2 aromatic rings. The van der Waals surface area contributed by atoms with Gasteiger partial charge in [0.15, 0.2) is 0 Å². The summed E-state index contributed by atoms with van der Waals surface area (Å²) in [6.45, 7) is 4.13. The summed E-state index contributed by atoms with van der Waals surface area (Å²) in [6.07, 6.45) is 3.79. The van der Waals surface area contributed by atoms with E-state index in [9.17, 15) is 0 Å². The minimum atomic E-state index is 0.330. The van der Waals surface area contributed by atoms with Crippen LogP contribution in [-0.2, 0) is 6.54 Å². The zero-order valence-electron chi connectivity index (χ0n) is 11.3. The van der Waals surface area contributed by atoms with E-state index in [0.29, 0.717) is 11.4 Å². The molecule has 4 heterocycles. The Morgan fingerprint density at radius 2 is 2.45 bits per heavy atom. The van der Waals surface area contributed by atoms with E-state index >= 15 is 0 Å². The topological polar surface area (TPSA) is 54.2 Å². The fourth-order valence-electron chi connectivity index (χ4n) is 3.45. The summed E-state index contributed by atoms with van der Waals surface area (Å²) in [5.41, 5.74) is 1.38. The van der Waals surface area contributed by atoms with Crippen molar-refractivity contribution in [2.75, 3.05) is 19.6 Å². The van der Waals surface area contributed by atoms with Crippen molar-refractivity contribution in [2.45, 2.75) is 31.3 Å². The van der Waals surface area contributed by atoms with E-state index in [2.05, 4.69) is 20.4 Å². The van der Waals surface area contributed by atoms with Crippen LogP contribution < -0.4 is 5.32 Å². The van der Waals surface area contributed by atoms with Gasteiger partial charge in [-0.1, -0.05) is 5.16 Å². The van der Waals surface area contributed by atoms with Gasteiger partial charge < -0.3 is 9.84 Å². The first kappa shape index (κ1) is 12.5. The van der Waals surface area contributed by atoms with Gasteiger partial charge in [0.25, 0.3) is 0 Å². The molecule has 5 nitrogen and oxygen atoms in total. The van der Waals surface area contributed by atoms with Crippen LogP contribution in [0.25, 0.3) is 11.4 Å². The Balaban J connectivity index is 1.52. The van der Waals surface area contributed by atoms with E-state index in [1.54, 1.807) is 11.3 Å². The number of hydrogen-bond acceptors (Lipinski definition) is 6. The highest BCUT2D eigenvalue weighted by Crippen LogP contribution is 2.35. The lowest BCUT2D eigenvalue weighted by Gasteiger charge is -2.33. The molecule has 2 fully saturated rings. The fourth-order valence-corrected chi connectivity index (χ4v) is 4.08. The van der Waals surface area contributed by atoms with Gasteiger partial charge in [-0.05, 0) is 43.8 Å². The number of nitrogens with one attached hydrogen (secondary N) is 1. The molecule has 106 valence electrons. The summed E-state index contributed by atoms with van der Waals surface area (Å²) in [7, 11) is 0. The van der Waals surface area contributed by atoms with Crippen LogP contribution in [0, 0.1) is 0 Å². The third-order valence-electron chi connectivity index (χ3n) is 4.54. The average Bonchev–Trinajstić information content (AvgIpc) is 3.22. The predicted molar refractivity (Wildman–Crippen MR) is 77.5 cm³/mol. The van der Waals surface area contributed by atoms with E-state index in [0.717, 1.165) is 37.6 Å². The summed E-state index contributed by atoms with van der Waals surface area (Å²) in [6, 6.07) is 2.03. The molecule has 2 aliphatic heterocycles. The number of hydrogen-bond donors (Lipinski definition) is 1. The maximum absolute atomic E-state index is 5.43. The molecule has 0 aromatic carbocycles. The third kappa shape index (κ3) is 2.08. The summed E-state index contributed by atoms with van der Waals surface area (Å²) < 4.78 is 5.43. The van der Waals surface area contributed by atoms with Gasteiger partial charge in [-0.25, -0.2) is 0 Å². The number of thiophene rings is 1. The second-order valence-corrected chi connectivity index (χ2v) is 6.48. The van der Waals surface area contributed by atoms with Crippen LogP contribution in [0.2, 0.25) is 0 Å². The molecule has 2 aromatic heterocycles. The van der Waals surface area contributed by atoms with Gasteiger partial charge in [-0.2, -0.15) is 16.3 Å². The standard InChI is InChI=1S/C14H18N4OS/c1-3-14(4-5-15-10-14)18(6-1)8-12-16-13(17-19-12)11-2-7-20-9-11/h2,7,9,15H,1,3-6,8,10H2. The molecule has 0 saturated carbocycles. The molecule has 0 aliphatic carbocycles. The molecule has 2 aliphatic rings. The summed E-state index contributed by atoms with van der Waals surface area (Å²) >= 11 is 1.65. The highest BCUT2D eigenvalue weighted by Gasteiger charge is 2.43. The highest BCUT2D eigenvalue weighted by molar-refractivity contribution is 7.08. The molecule has 20 heavy (non-hydrogen) atoms. The molecule has 1 spiro atoms. The number of likely N-dealkylation sites (tertiary alicyclic amines) is 1. The van der Waals surface area contributed by atoms with Crippen LogP contribution in [0.5, 0.6) is 0 Å². The van der Waals surface area contributed by atoms with E-state index in [-0.39, 0.29) is 0 Å². The summed E-state index contributed by atoms with van der Waals surface area (Å²) in [5, 5.41) is 11.7. The predicted octanol–water partition coefficient (Wildman–Crippen LogP) is 2.13. The first-order valence-electron chi connectivity index (χ1n) is 7.17. The summed E-state index contributed by atoms with van der Waals surface area (Å²) in [4.78, 5) is 7.06. The van der Waals surface area contributed by atoms with Crippen molar-refractivity contribution < 1.29 is 4.52 Å². The van der Waals surface area contributed by atoms with Gasteiger partial charge in [0.2, 0.25) is 11.7 Å². The van der Waals surface area contributed by atoms with Crippen molar-refractivity contribution in [2.24, 2.45) is 0 Å². The van der Waals surface area contributed by atoms with Crippen molar-refractivity contribution in [1.29, 1.82) is 0 Å². The van der Waals surface area contributed by atoms with Crippen molar-refractivity contribution in [3.8, 4) is 11.4 Å². The molecule has 1 N–H and O–H groups in total. The molecular formula is C14H18N4OS. The van der Waals surface area contributed by atoms with Crippen LogP contribution in [0.4, 0.5) is 0 Å². The van der Waals surface area contributed by atoms with E-state index in [1.807, 2.05) is 16.8 Å². The largest absolute Gasteiger partial charge is 0.338 e. The van der Waals surface area contributed by atoms with Gasteiger partial charge in [0, 0.05) is 23.0 Å². The molecule has 6 heteroatoms. The molecule has 4 rings (SSSR count). The van der Waals surface area contributed by atoms with Gasteiger partial charge in [0.05, 0.1) is 6.54 Å². The quantitative estimate of drug-likeness (QED) is 0.938. The Kier molecular flexibility index (Phi) is 3.09. The maximum atomic E-state index is 5.43. The molecule has 1 atom stereocenters. The molecule has 1 unspecified atom stereocenters. The van der Waals surface area contributed by atoms with Gasteiger partial charge in [-0.15, -0.1) is 0 Å². The lowest BCUT2D eigenvalue weighted by Crippen LogP contribution is -2.45. The van der Waals surface area contributed by atoms with Crippen LogP contribution in [0.3, 0.4) is 0 Å². The highest BCUT2D eigenvalue weighted by atomic mass is 32.1. The number of aromatic nitrogens is 2. The lowest BCUT2D eigenvalue weighted by atomic mass is 9.95. The van der Waals surface area contributed by atoms with Gasteiger partial charge >= 0.3 is 0 Å². The lowest BCUT2D eigenvalue weighted by molar-refractivity contribution is 0.130. The first-order chi connectivity index (χ1) is 9.86. The third-order valence-corrected chi connectivity index (χ3v) is 5.22. The number of rotatable bonds is 3. The molecular weight excluding hydrogens is 272 g/mol. The molecule has 0 bridgehead atoms. The zero-order chi connectivity index (χ0) is 13.4. The Labute approximate surface area is 122 Å². The monoisotopic (exact) mass is 290 g/mol. The minimum Gasteiger partial charge on any atom is -0.338 e. The van der Waals surface area contributed by atoms with Crippen molar-refractivity contribution >= 4 is 11.3 Å². The number of nitrogens with zero attached hydrogens (tertiary/aromatic N) is 3. The second-order valence-electron chi connectivity index (χ2n) is 5.70. The van der Waals surface area contributed by atoms with Crippen molar-refractivity contribution in [3.05, 3.63) is 22.7 Å².